The van der Waals surface area contributed by atoms with Gasteiger partial charge in [-0.05, 0) is 28.1 Å². The van der Waals surface area contributed by atoms with Crippen molar-refractivity contribution in [1.82, 2.24) is 19.6 Å². The summed E-state index contributed by atoms with van der Waals surface area (Å²) in [5.41, 5.74) is 0.330. The molecule has 0 aliphatic carbocycles. The Kier molecular flexibility index (Phi) is 6.18. The highest BCUT2D eigenvalue weighted by atomic mass is 79.9. The van der Waals surface area contributed by atoms with Gasteiger partial charge in [-0.15, -0.1) is 0 Å². The van der Waals surface area contributed by atoms with E-state index < -0.39 is 5.82 Å². The Morgan fingerprint density at radius 2 is 2.11 bits per heavy atom. The molecule has 2 aromatic heterocycles. The molecule has 1 atom stereocenters. The molecule has 0 saturated heterocycles. The number of carbonyl (C=O) groups excluding carboxylic acids is 1. The van der Waals surface area contributed by atoms with Crippen LogP contribution in [0.25, 0.3) is 0 Å². The molecule has 1 unspecified atom stereocenters. The second kappa shape index (κ2) is 8.41. The van der Waals surface area contributed by atoms with Crippen LogP contribution in [0.5, 0.6) is 0 Å². The van der Waals surface area contributed by atoms with Gasteiger partial charge in [0.05, 0.1) is 34.7 Å². The number of hydrogen-bond acceptors (Lipinski definition) is 3. The Labute approximate surface area is 173 Å². The monoisotopic (exact) mass is 473 g/mol. The maximum Gasteiger partial charge on any atom is 0.230 e. The average molecular weight is 475 g/mol. The summed E-state index contributed by atoms with van der Waals surface area (Å²) >= 11 is 15.2. The molecule has 1 N–H and O–H groups in total. The van der Waals surface area contributed by atoms with E-state index in [2.05, 4.69) is 31.4 Å². The molecule has 27 heavy (non-hydrogen) atoms. The predicted octanol–water partition coefficient (Wildman–Crippen LogP) is 4.61. The fourth-order valence-electron chi connectivity index (χ4n) is 2.45. The average Bonchev–Trinajstić information content (AvgIpc) is 3.16. The third-order valence-corrected chi connectivity index (χ3v) is 4.98. The van der Waals surface area contributed by atoms with E-state index in [4.69, 9.17) is 23.2 Å². The van der Waals surface area contributed by atoms with E-state index in [1.54, 1.807) is 36.1 Å². The number of benzene rings is 1. The van der Waals surface area contributed by atoms with Crippen molar-refractivity contribution in [3.8, 4) is 0 Å². The van der Waals surface area contributed by atoms with Gasteiger partial charge < -0.3 is 5.32 Å². The maximum atomic E-state index is 13.9. The number of aromatic nitrogens is 4. The maximum absolute atomic E-state index is 13.9. The van der Waals surface area contributed by atoms with Gasteiger partial charge in [-0.25, -0.2) is 4.39 Å². The lowest BCUT2D eigenvalue weighted by atomic mass is 10.1. The number of rotatable bonds is 6. The molecule has 6 nitrogen and oxygen atoms in total. The summed E-state index contributed by atoms with van der Waals surface area (Å²) in [4.78, 5) is 12.4. The zero-order valence-electron chi connectivity index (χ0n) is 14.2. The lowest BCUT2D eigenvalue weighted by molar-refractivity contribution is -0.119. The molecule has 0 fully saturated rings. The number of hydrogen-bond donors (Lipinski definition) is 1. The van der Waals surface area contributed by atoms with Crippen molar-refractivity contribution in [2.45, 2.75) is 20.0 Å². The summed E-state index contributed by atoms with van der Waals surface area (Å²) in [7, 11) is 0. The van der Waals surface area contributed by atoms with Crippen LogP contribution < -0.4 is 5.32 Å². The summed E-state index contributed by atoms with van der Waals surface area (Å²) in [6.45, 7) is 2.29. The van der Waals surface area contributed by atoms with E-state index >= 15 is 0 Å². The number of nitrogens with one attached hydrogen (secondary N) is 1. The lowest BCUT2D eigenvalue weighted by Gasteiger charge is -2.11. The van der Waals surface area contributed by atoms with Crippen LogP contribution in [-0.4, -0.2) is 25.5 Å². The minimum absolute atomic E-state index is 0.140. The number of carbonyl (C=O) groups is 1. The molecule has 0 saturated carbocycles. The summed E-state index contributed by atoms with van der Waals surface area (Å²) in [6, 6.07) is 4.50. The van der Waals surface area contributed by atoms with Crippen molar-refractivity contribution in [2.75, 3.05) is 5.32 Å². The summed E-state index contributed by atoms with van der Waals surface area (Å²) in [6.07, 6.45) is 4.81. The second-order valence-electron chi connectivity index (χ2n) is 5.99. The molecular formula is C17H15BrCl2FN5O. The Morgan fingerprint density at radius 1 is 1.33 bits per heavy atom. The molecule has 0 bridgehead atoms. The molecule has 142 valence electrons. The van der Waals surface area contributed by atoms with Crippen molar-refractivity contribution in [3.05, 3.63) is 62.7 Å². The Balaban J connectivity index is 1.68. The van der Waals surface area contributed by atoms with Gasteiger partial charge in [-0.2, -0.15) is 10.2 Å². The SMILES string of the molecule is CC(Cn1cc(Cl)cn1)C(=O)Nc1nn(Cc2c(F)cccc2Cl)cc1Br. The number of nitrogens with zero attached hydrogens (tertiary/aromatic N) is 4. The van der Waals surface area contributed by atoms with Crippen LogP contribution in [0.3, 0.4) is 0 Å². The van der Waals surface area contributed by atoms with Gasteiger partial charge in [-0.1, -0.05) is 36.2 Å². The van der Waals surface area contributed by atoms with Crippen LogP contribution in [0, 0.1) is 11.7 Å². The Hall–Kier alpha value is -1.90. The zero-order valence-corrected chi connectivity index (χ0v) is 17.3. The lowest BCUT2D eigenvalue weighted by Crippen LogP contribution is -2.25. The third kappa shape index (κ3) is 4.88. The van der Waals surface area contributed by atoms with E-state index in [9.17, 15) is 9.18 Å². The molecular weight excluding hydrogens is 460 g/mol. The second-order valence-corrected chi connectivity index (χ2v) is 7.69. The highest BCUT2D eigenvalue weighted by Crippen LogP contribution is 2.24. The first-order valence-corrected chi connectivity index (χ1v) is 9.53. The minimum Gasteiger partial charge on any atom is -0.308 e. The van der Waals surface area contributed by atoms with Crippen LogP contribution in [0.15, 0.2) is 41.3 Å². The first kappa shape index (κ1) is 19.9. The Morgan fingerprint density at radius 3 is 2.78 bits per heavy atom. The van der Waals surface area contributed by atoms with Crippen LogP contribution >= 0.6 is 39.1 Å². The van der Waals surface area contributed by atoms with Gasteiger partial charge in [-0.3, -0.25) is 14.2 Å². The van der Waals surface area contributed by atoms with E-state index in [1.807, 2.05) is 0 Å². The van der Waals surface area contributed by atoms with Gasteiger partial charge in [0.2, 0.25) is 5.91 Å². The first-order chi connectivity index (χ1) is 12.8. The molecule has 3 aromatic rings. The van der Waals surface area contributed by atoms with Gasteiger partial charge in [0.25, 0.3) is 0 Å². The smallest absolute Gasteiger partial charge is 0.230 e. The van der Waals surface area contributed by atoms with Crippen LogP contribution in [0.4, 0.5) is 10.2 Å². The van der Waals surface area contributed by atoms with Crippen LogP contribution in [0.2, 0.25) is 10.0 Å². The fourth-order valence-corrected chi connectivity index (χ4v) is 3.24. The Bertz CT molecular complexity index is 954. The van der Waals surface area contributed by atoms with E-state index in [1.165, 1.54) is 16.9 Å². The molecule has 1 aromatic carbocycles. The van der Waals surface area contributed by atoms with Crippen molar-refractivity contribution < 1.29 is 9.18 Å². The van der Waals surface area contributed by atoms with E-state index in [-0.39, 0.29) is 18.4 Å². The quantitative estimate of drug-likeness (QED) is 0.567. The molecule has 10 heteroatoms. The standard InChI is InChI=1S/C17H15BrCl2FN5O/c1-10(6-25-7-11(19)5-22-25)17(27)23-16-13(18)9-26(24-16)8-12-14(20)3-2-4-15(12)21/h2-5,7,9-10H,6,8H2,1H3,(H,23,24,27). The summed E-state index contributed by atoms with van der Waals surface area (Å²) < 4.78 is 17.6. The normalized spacial score (nSPS) is 12.2. The number of halogens is 4. The topological polar surface area (TPSA) is 64.7 Å². The first-order valence-electron chi connectivity index (χ1n) is 7.98. The predicted molar refractivity (Wildman–Crippen MR) is 105 cm³/mol. The van der Waals surface area contributed by atoms with Crippen LogP contribution in [0.1, 0.15) is 12.5 Å². The summed E-state index contributed by atoms with van der Waals surface area (Å²) in [5, 5.41) is 11.9. The number of anilines is 1. The molecule has 3 rings (SSSR count). The summed E-state index contributed by atoms with van der Waals surface area (Å²) in [5.74, 6) is -0.653. The molecule has 1 amide bonds. The minimum atomic E-state index is -0.411. The zero-order chi connectivity index (χ0) is 19.6. The van der Waals surface area contributed by atoms with Gasteiger partial charge >= 0.3 is 0 Å². The van der Waals surface area contributed by atoms with Crippen molar-refractivity contribution in [1.29, 1.82) is 0 Å². The number of amides is 1. The van der Waals surface area contributed by atoms with Gasteiger partial charge in [0.15, 0.2) is 5.82 Å². The molecule has 0 radical (unpaired) electrons. The van der Waals surface area contributed by atoms with Crippen molar-refractivity contribution in [3.63, 3.8) is 0 Å². The van der Waals surface area contributed by atoms with E-state index in [0.717, 1.165) is 0 Å². The molecule has 0 aliphatic rings. The van der Waals surface area contributed by atoms with Gasteiger partial charge in [0, 0.05) is 23.0 Å². The van der Waals surface area contributed by atoms with Crippen LogP contribution in [-0.2, 0) is 17.9 Å². The largest absolute Gasteiger partial charge is 0.308 e. The molecule has 0 aliphatic heterocycles. The third-order valence-electron chi connectivity index (χ3n) is 3.85. The highest BCUT2D eigenvalue weighted by molar-refractivity contribution is 9.10. The van der Waals surface area contributed by atoms with E-state index in [0.29, 0.717) is 32.4 Å². The fraction of sp³-hybridized carbons (Fsp3) is 0.235. The molecule has 0 spiro atoms. The van der Waals surface area contributed by atoms with Crippen molar-refractivity contribution >= 4 is 50.9 Å². The highest BCUT2D eigenvalue weighted by Gasteiger charge is 2.18. The van der Waals surface area contributed by atoms with Crippen molar-refractivity contribution in [2.24, 2.45) is 5.92 Å². The molecule has 2 heterocycles. The van der Waals surface area contributed by atoms with Gasteiger partial charge in [0.1, 0.15) is 5.82 Å².